The van der Waals surface area contributed by atoms with Gasteiger partial charge in [0.15, 0.2) is 0 Å². The molecule has 0 aliphatic carbocycles. The van der Waals surface area contributed by atoms with Gasteiger partial charge < -0.3 is 8.98 Å². The Labute approximate surface area is 139 Å². The van der Waals surface area contributed by atoms with E-state index >= 15 is 0 Å². The molecule has 7 heteroatoms. The largest absolute Gasteiger partial charge is 0.419 e. The smallest absolute Gasteiger partial charge is 0.259 e. The molecule has 0 aliphatic rings. The maximum absolute atomic E-state index is 12.4. The molecule has 5 nitrogen and oxygen atoms in total. The Bertz CT molecular complexity index is 1050. The molecule has 0 unspecified atom stereocenters. The van der Waals surface area contributed by atoms with E-state index in [9.17, 15) is 4.79 Å². The van der Waals surface area contributed by atoms with Crippen LogP contribution in [0.15, 0.2) is 57.2 Å². The third kappa shape index (κ3) is 2.56. The first kappa shape index (κ1) is 14.2. The van der Waals surface area contributed by atoms with Crippen molar-refractivity contribution in [1.29, 1.82) is 0 Å². The Balaban J connectivity index is 1.68. The fourth-order valence-electron chi connectivity index (χ4n) is 2.34. The van der Waals surface area contributed by atoms with Gasteiger partial charge in [0.1, 0.15) is 6.54 Å². The molecule has 114 valence electrons. The van der Waals surface area contributed by atoms with Crippen molar-refractivity contribution in [2.45, 2.75) is 6.54 Å². The molecule has 0 atom stereocenters. The zero-order valence-electron chi connectivity index (χ0n) is 11.8. The molecule has 0 saturated carbocycles. The maximum Gasteiger partial charge on any atom is 0.259 e. The van der Waals surface area contributed by atoms with Crippen LogP contribution in [0.25, 0.3) is 21.5 Å². The molecule has 0 spiro atoms. The lowest BCUT2D eigenvalue weighted by atomic mass is 10.2. The molecule has 1 aromatic carbocycles. The summed E-state index contributed by atoms with van der Waals surface area (Å²) in [4.78, 5) is 12.4. The maximum atomic E-state index is 12.4. The highest BCUT2D eigenvalue weighted by atomic mass is 35.5. The van der Waals surface area contributed by atoms with Crippen molar-refractivity contribution in [1.82, 2.24) is 14.8 Å². The number of pyridine rings is 1. The van der Waals surface area contributed by atoms with Crippen LogP contribution in [-0.4, -0.2) is 14.8 Å². The highest BCUT2D eigenvalue weighted by molar-refractivity contribution is 7.17. The zero-order valence-corrected chi connectivity index (χ0v) is 13.3. The molecule has 0 amide bonds. The van der Waals surface area contributed by atoms with E-state index in [-0.39, 0.29) is 12.1 Å². The predicted octanol–water partition coefficient (Wildman–Crippen LogP) is 3.81. The summed E-state index contributed by atoms with van der Waals surface area (Å²) in [7, 11) is 0. The minimum absolute atomic E-state index is 0.0683. The molecule has 0 aliphatic heterocycles. The van der Waals surface area contributed by atoms with Crippen molar-refractivity contribution >= 4 is 33.0 Å². The Morgan fingerprint density at radius 2 is 2.04 bits per heavy atom. The molecule has 0 radical (unpaired) electrons. The normalized spacial score (nSPS) is 11.2. The average Bonchev–Trinajstić information content (AvgIpc) is 3.20. The summed E-state index contributed by atoms with van der Waals surface area (Å²) in [6.07, 6.45) is 1.74. The van der Waals surface area contributed by atoms with E-state index < -0.39 is 0 Å². The zero-order chi connectivity index (χ0) is 15.8. The molecule has 4 aromatic rings. The molecule has 0 saturated heterocycles. The van der Waals surface area contributed by atoms with Crippen LogP contribution in [0.4, 0.5) is 0 Å². The fraction of sp³-hybridized carbons (Fsp3) is 0.0625. The number of benzene rings is 1. The van der Waals surface area contributed by atoms with Crippen LogP contribution >= 0.6 is 22.9 Å². The van der Waals surface area contributed by atoms with Crippen molar-refractivity contribution in [2.75, 3.05) is 0 Å². The second-order valence-electron chi connectivity index (χ2n) is 4.93. The molecule has 3 heterocycles. The molecular weight excluding hydrogens is 334 g/mol. The lowest BCUT2D eigenvalue weighted by Crippen LogP contribution is -2.19. The van der Waals surface area contributed by atoms with Crippen LogP contribution in [0.5, 0.6) is 0 Å². The van der Waals surface area contributed by atoms with Crippen LogP contribution in [0.3, 0.4) is 0 Å². The summed E-state index contributed by atoms with van der Waals surface area (Å²) < 4.78 is 8.16. The number of hydrogen-bond acceptors (Lipinski definition) is 5. The number of thiophene rings is 1. The molecule has 3 aromatic heterocycles. The van der Waals surface area contributed by atoms with Crippen LogP contribution in [0.2, 0.25) is 5.02 Å². The Morgan fingerprint density at radius 1 is 1.17 bits per heavy atom. The van der Waals surface area contributed by atoms with Gasteiger partial charge in [0.2, 0.25) is 11.8 Å². The van der Waals surface area contributed by atoms with Crippen LogP contribution < -0.4 is 5.56 Å². The Hall–Kier alpha value is -2.44. The minimum atomic E-state index is -0.0683. The highest BCUT2D eigenvalue weighted by Gasteiger charge is 2.13. The number of aromatic nitrogens is 3. The quantitative estimate of drug-likeness (QED) is 0.567. The summed E-state index contributed by atoms with van der Waals surface area (Å²) in [5, 5.41) is 11.2. The second-order valence-corrected chi connectivity index (χ2v) is 6.28. The molecular formula is C16H10ClN3O2S. The van der Waals surface area contributed by atoms with Crippen molar-refractivity contribution in [2.24, 2.45) is 0 Å². The Morgan fingerprint density at radius 3 is 2.91 bits per heavy atom. The van der Waals surface area contributed by atoms with Gasteiger partial charge >= 0.3 is 0 Å². The molecule has 23 heavy (non-hydrogen) atoms. The highest BCUT2D eigenvalue weighted by Crippen LogP contribution is 2.26. The number of halogens is 1. The number of nitrogens with zero attached hydrogens (tertiary/aromatic N) is 3. The summed E-state index contributed by atoms with van der Waals surface area (Å²) in [5.41, 5.74) is 0.606. The number of hydrogen-bond donors (Lipinski definition) is 0. The van der Waals surface area contributed by atoms with Crippen LogP contribution in [0, 0.1) is 0 Å². The van der Waals surface area contributed by atoms with Gasteiger partial charge in [-0.25, -0.2) is 0 Å². The predicted molar refractivity (Wildman–Crippen MR) is 89.9 cm³/mol. The lowest BCUT2D eigenvalue weighted by Gasteiger charge is -2.02. The van der Waals surface area contributed by atoms with E-state index in [1.165, 1.54) is 0 Å². The summed E-state index contributed by atoms with van der Waals surface area (Å²) in [6.45, 7) is 0.224. The molecule has 0 bridgehead atoms. The van der Waals surface area contributed by atoms with Crippen molar-refractivity contribution in [3.8, 4) is 11.5 Å². The van der Waals surface area contributed by atoms with Gasteiger partial charge in [0, 0.05) is 10.9 Å². The topological polar surface area (TPSA) is 60.9 Å². The van der Waals surface area contributed by atoms with Gasteiger partial charge in [-0.15, -0.1) is 21.5 Å². The van der Waals surface area contributed by atoms with Crippen LogP contribution in [-0.2, 0) is 6.54 Å². The lowest BCUT2D eigenvalue weighted by molar-refractivity contribution is 0.485. The van der Waals surface area contributed by atoms with Gasteiger partial charge in [-0.1, -0.05) is 23.7 Å². The summed E-state index contributed by atoms with van der Waals surface area (Å²) >= 11 is 7.66. The van der Waals surface area contributed by atoms with Gasteiger partial charge in [0.25, 0.3) is 5.56 Å². The second kappa shape index (κ2) is 5.64. The van der Waals surface area contributed by atoms with Gasteiger partial charge in [-0.2, -0.15) is 0 Å². The number of fused-ring (bicyclic) bond motifs is 1. The Kier molecular flexibility index (Phi) is 3.48. The third-order valence-corrected chi connectivity index (χ3v) is 4.68. The monoisotopic (exact) mass is 343 g/mol. The van der Waals surface area contributed by atoms with Crippen molar-refractivity contribution in [3.63, 3.8) is 0 Å². The fourth-order valence-corrected chi connectivity index (χ4v) is 3.33. The van der Waals surface area contributed by atoms with E-state index in [1.807, 2.05) is 35.7 Å². The summed E-state index contributed by atoms with van der Waals surface area (Å²) in [5.74, 6) is 0.701. The van der Waals surface area contributed by atoms with Crippen molar-refractivity contribution < 1.29 is 4.42 Å². The first-order chi connectivity index (χ1) is 11.2. The average molecular weight is 344 g/mol. The molecule has 4 rings (SSSR count). The molecule has 0 fully saturated rings. The van der Waals surface area contributed by atoms with Crippen LogP contribution in [0.1, 0.15) is 5.89 Å². The van der Waals surface area contributed by atoms with E-state index in [2.05, 4.69) is 10.2 Å². The van der Waals surface area contributed by atoms with E-state index in [1.54, 1.807) is 28.2 Å². The standard InChI is InChI=1S/C16H10ClN3O2S/c17-12-4-2-1-3-10(12)15-19-18-14(22-15)9-20-7-5-13-11(16(20)21)6-8-23-13/h1-8H,9H2. The van der Waals surface area contributed by atoms with Gasteiger partial charge in [-0.3, -0.25) is 4.79 Å². The van der Waals surface area contributed by atoms with E-state index in [0.717, 1.165) is 4.70 Å². The third-order valence-electron chi connectivity index (χ3n) is 3.47. The first-order valence-electron chi connectivity index (χ1n) is 6.86. The minimum Gasteiger partial charge on any atom is -0.419 e. The number of rotatable bonds is 3. The molecule has 0 N–H and O–H groups in total. The first-order valence-corrected chi connectivity index (χ1v) is 8.12. The SMILES string of the molecule is O=c1c2ccsc2ccn1Cc1nnc(-c2ccccc2Cl)o1. The van der Waals surface area contributed by atoms with Crippen molar-refractivity contribution in [3.05, 3.63) is 69.2 Å². The van der Waals surface area contributed by atoms with Gasteiger partial charge in [0.05, 0.1) is 16.0 Å². The van der Waals surface area contributed by atoms with Gasteiger partial charge in [-0.05, 0) is 29.6 Å². The summed E-state index contributed by atoms with van der Waals surface area (Å²) in [6, 6.07) is 11.0. The van der Waals surface area contributed by atoms with E-state index in [0.29, 0.717) is 27.8 Å². The van der Waals surface area contributed by atoms with E-state index in [4.69, 9.17) is 16.0 Å².